The van der Waals surface area contributed by atoms with Gasteiger partial charge in [0.1, 0.15) is 0 Å². The summed E-state index contributed by atoms with van der Waals surface area (Å²) in [5.41, 5.74) is 4.79. The quantitative estimate of drug-likeness (QED) is 0.716. The van der Waals surface area contributed by atoms with Crippen molar-refractivity contribution in [3.63, 3.8) is 0 Å². The number of ketones is 1. The van der Waals surface area contributed by atoms with Gasteiger partial charge in [0.15, 0.2) is 5.78 Å². The Morgan fingerprint density at radius 3 is 2.37 bits per heavy atom. The summed E-state index contributed by atoms with van der Waals surface area (Å²) in [6, 6.07) is 16.1. The van der Waals surface area contributed by atoms with Crippen molar-refractivity contribution < 1.29 is 4.79 Å². The van der Waals surface area contributed by atoms with Crippen LogP contribution in [0.2, 0.25) is 0 Å². The van der Waals surface area contributed by atoms with Gasteiger partial charge >= 0.3 is 0 Å². The van der Waals surface area contributed by atoms with E-state index < -0.39 is 0 Å². The maximum atomic E-state index is 12.0. The average Bonchev–Trinajstić information content (AvgIpc) is 2.43. The van der Waals surface area contributed by atoms with Crippen LogP contribution in [-0.4, -0.2) is 5.78 Å². The molecule has 0 unspecified atom stereocenters. The van der Waals surface area contributed by atoms with E-state index in [2.05, 4.69) is 32.0 Å². The third kappa shape index (κ3) is 3.78. The smallest absolute Gasteiger partial charge is 0.162 e. The van der Waals surface area contributed by atoms with Crippen LogP contribution in [0.4, 0.5) is 0 Å². The molecule has 0 amide bonds. The highest BCUT2D eigenvalue weighted by Gasteiger charge is 2.05. The zero-order valence-corrected chi connectivity index (χ0v) is 11.6. The first-order chi connectivity index (χ1) is 9.16. The first-order valence-corrected chi connectivity index (χ1v) is 6.81. The molecule has 0 heterocycles. The maximum absolute atomic E-state index is 12.0. The third-order valence-corrected chi connectivity index (χ3v) is 3.54. The van der Waals surface area contributed by atoms with Gasteiger partial charge in [-0.1, -0.05) is 48.5 Å². The summed E-state index contributed by atoms with van der Waals surface area (Å²) in [6.45, 7) is 4.26. The molecular formula is C18H20O. The van der Waals surface area contributed by atoms with Crippen molar-refractivity contribution in [1.29, 1.82) is 0 Å². The van der Waals surface area contributed by atoms with Crippen molar-refractivity contribution in [2.24, 2.45) is 0 Å². The molecule has 0 fully saturated rings. The Bertz CT molecular complexity index is 555. The number of carbonyl (C=O) groups is 1. The number of hydrogen-bond acceptors (Lipinski definition) is 1. The van der Waals surface area contributed by atoms with E-state index in [4.69, 9.17) is 0 Å². The van der Waals surface area contributed by atoms with Crippen LogP contribution in [0.3, 0.4) is 0 Å². The summed E-state index contributed by atoms with van der Waals surface area (Å²) in [6.07, 6.45) is 2.51. The topological polar surface area (TPSA) is 17.1 Å². The van der Waals surface area contributed by atoms with Gasteiger partial charge in [0, 0.05) is 12.0 Å². The van der Waals surface area contributed by atoms with E-state index in [0.29, 0.717) is 6.42 Å². The molecular weight excluding hydrogens is 232 g/mol. The second-order valence-electron chi connectivity index (χ2n) is 5.06. The van der Waals surface area contributed by atoms with E-state index in [0.717, 1.165) is 18.4 Å². The largest absolute Gasteiger partial charge is 0.294 e. The van der Waals surface area contributed by atoms with Crippen molar-refractivity contribution in [1.82, 2.24) is 0 Å². The first-order valence-electron chi connectivity index (χ1n) is 6.81. The third-order valence-electron chi connectivity index (χ3n) is 3.54. The van der Waals surface area contributed by atoms with Gasteiger partial charge in [-0.3, -0.25) is 4.79 Å². The predicted octanol–water partition coefficient (Wildman–Crippen LogP) is 4.51. The molecule has 0 aliphatic rings. The lowest BCUT2D eigenvalue weighted by atomic mass is 10.00. The molecule has 1 heteroatoms. The molecule has 0 saturated heterocycles. The van der Waals surface area contributed by atoms with Gasteiger partial charge < -0.3 is 0 Å². The highest BCUT2D eigenvalue weighted by Crippen LogP contribution is 2.13. The minimum Gasteiger partial charge on any atom is -0.294 e. The molecule has 0 bridgehead atoms. The standard InChI is InChI=1S/C18H20O/c1-14-11-12-16(13-15(14)2)7-6-10-18(19)17-8-4-3-5-9-17/h3-5,8-9,11-13H,6-7,10H2,1-2H3. The molecule has 2 rings (SSSR count). The molecule has 0 spiro atoms. The summed E-state index contributed by atoms with van der Waals surface area (Å²) in [5.74, 6) is 0.240. The van der Waals surface area contributed by atoms with Crippen molar-refractivity contribution >= 4 is 5.78 Å². The molecule has 0 aromatic heterocycles. The fourth-order valence-electron chi connectivity index (χ4n) is 2.18. The van der Waals surface area contributed by atoms with Crippen molar-refractivity contribution in [3.05, 3.63) is 70.8 Å². The predicted molar refractivity (Wildman–Crippen MR) is 79.6 cm³/mol. The van der Waals surface area contributed by atoms with Gasteiger partial charge in [-0.05, 0) is 43.4 Å². The summed E-state index contributed by atoms with van der Waals surface area (Å²) >= 11 is 0. The van der Waals surface area contributed by atoms with E-state index >= 15 is 0 Å². The number of rotatable bonds is 5. The van der Waals surface area contributed by atoms with Crippen LogP contribution in [0.25, 0.3) is 0 Å². The Balaban J connectivity index is 1.87. The SMILES string of the molecule is Cc1ccc(CCCC(=O)c2ccccc2)cc1C. The second-order valence-corrected chi connectivity index (χ2v) is 5.06. The van der Waals surface area contributed by atoms with Gasteiger partial charge in [-0.2, -0.15) is 0 Å². The highest BCUT2D eigenvalue weighted by atomic mass is 16.1. The van der Waals surface area contributed by atoms with Crippen LogP contribution in [0, 0.1) is 13.8 Å². The molecule has 19 heavy (non-hydrogen) atoms. The molecule has 2 aromatic carbocycles. The average molecular weight is 252 g/mol. The Labute approximate surface area is 115 Å². The number of benzene rings is 2. The summed E-state index contributed by atoms with van der Waals surface area (Å²) in [7, 11) is 0. The monoisotopic (exact) mass is 252 g/mol. The Morgan fingerprint density at radius 1 is 0.947 bits per heavy atom. The van der Waals surface area contributed by atoms with Crippen LogP contribution < -0.4 is 0 Å². The molecule has 0 aliphatic heterocycles. The van der Waals surface area contributed by atoms with Gasteiger partial charge in [-0.25, -0.2) is 0 Å². The zero-order valence-electron chi connectivity index (χ0n) is 11.6. The van der Waals surface area contributed by atoms with Crippen LogP contribution >= 0.6 is 0 Å². The van der Waals surface area contributed by atoms with E-state index in [9.17, 15) is 4.79 Å². The van der Waals surface area contributed by atoms with E-state index in [1.165, 1.54) is 16.7 Å². The number of hydrogen-bond donors (Lipinski definition) is 0. The van der Waals surface area contributed by atoms with E-state index in [1.54, 1.807) is 0 Å². The minimum absolute atomic E-state index is 0.240. The fourth-order valence-corrected chi connectivity index (χ4v) is 2.18. The van der Waals surface area contributed by atoms with Gasteiger partial charge in [0.2, 0.25) is 0 Å². The Morgan fingerprint density at radius 2 is 1.68 bits per heavy atom. The van der Waals surface area contributed by atoms with Crippen LogP contribution in [-0.2, 0) is 6.42 Å². The number of aryl methyl sites for hydroxylation is 3. The Hall–Kier alpha value is -1.89. The maximum Gasteiger partial charge on any atom is 0.162 e. The summed E-state index contributed by atoms with van der Waals surface area (Å²) < 4.78 is 0. The molecule has 2 aromatic rings. The van der Waals surface area contributed by atoms with Crippen LogP contribution in [0.1, 0.15) is 39.9 Å². The summed E-state index contributed by atoms with van der Waals surface area (Å²) in [4.78, 5) is 12.0. The first kappa shape index (κ1) is 13.5. The van der Waals surface area contributed by atoms with Gasteiger partial charge in [-0.15, -0.1) is 0 Å². The van der Waals surface area contributed by atoms with Crippen molar-refractivity contribution in [2.75, 3.05) is 0 Å². The summed E-state index contributed by atoms with van der Waals surface area (Å²) in [5, 5.41) is 0. The van der Waals surface area contributed by atoms with Crippen molar-refractivity contribution in [3.8, 4) is 0 Å². The van der Waals surface area contributed by atoms with E-state index in [1.807, 2.05) is 30.3 Å². The second kappa shape index (κ2) is 6.33. The molecule has 0 atom stereocenters. The lowest BCUT2D eigenvalue weighted by Crippen LogP contribution is -1.99. The normalized spacial score (nSPS) is 10.4. The molecule has 1 nitrogen and oxygen atoms in total. The lowest BCUT2D eigenvalue weighted by molar-refractivity contribution is 0.0980. The zero-order chi connectivity index (χ0) is 13.7. The molecule has 0 saturated carbocycles. The van der Waals surface area contributed by atoms with Crippen LogP contribution in [0.5, 0.6) is 0 Å². The Kier molecular flexibility index (Phi) is 4.51. The molecule has 0 N–H and O–H groups in total. The lowest BCUT2D eigenvalue weighted by Gasteiger charge is -2.05. The molecule has 0 aliphatic carbocycles. The minimum atomic E-state index is 0.240. The number of carbonyl (C=O) groups excluding carboxylic acids is 1. The number of Topliss-reactive ketones (excluding diaryl/α,β-unsaturated/α-hetero) is 1. The molecule has 98 valence electrons. The van der Waals surface area contributed by atoms with Crippen LogP contribution in [0.15, 0.2) is 48.5 Å². The van der Waals surface area contributed by atoms with Crippen molar-refractivity contribution in [2.45, 2.75) is 33.1 Å². The van der Waals surface area contributed by atoms with Gasteiger partial charge in [0.05, 0.1) is 0 Å². The fraction of sp³-hybridized carbons (Fsp3) is 0.278. The highest BCUT2D eigenvalue weighted by molar-refractivity contribution is 5.95. The van der Waals surface area contributed by atoms with Gasteiger partial charge in [0.25, 0.3) is 0 Å². The molecule has 0 radical (unpaired) electrons. The van der Waals surface area contributed by atoms with E-state index in [-0.39, 0.29) is 5.78 Å².